The van der Waals surface area contributed by atoms with Gasteiger partial charge in [0.15, 0.2) is 0 Å². The molecule has 0 aliphatic carbocycles. The summed E-state index contributed by atoms with van der Waals surface area (Å²) in [5.41, 5.74) is 0.872. The molecule has 1 N–H and O–H groups in total. The molecule has 0 saturated carbocycles. The zero-order chi connectivity index (χ0) is 15.4. The molecule has 1 aliphatic rings. The lowest BCUT2D eigenvalue weighted by Crippen LogP contribution is -2.45. The summed E-state index contributed by atoms with van der Waals surface area (Å²) in [5.74, 6) is -0.967. The summed E-state index contributed by atoms with van der Waals surface area (Å²) < 4.78 is 12.8. The van der Waals surface area contributed by atoms with Crippen molar-refractivity contribution in [2.24, 2.45) is 0 Å². The van der Waals surface area contributed by atoms with Crippen LogP contribution in [0.25, 0.3) is 0 Å². The zero-order valence-electron chi connectivity index (χ0n) is 11.8. The number of aliphatic carboxylic acids is 1. The summed E-state index contributed by atoms with van der Waals surface area (Å²) in [6.45, 7) is 1.95. The quantitative estimate of drug-likeness (QED) is 0.908. The Kier molecular flexibility index (Phi) is 5.22. The van der Waals surface area contributed by atoms with Gasteiger partial charge in [-0.15, -0.1) is 11.8 Å². The number of nitrogens with zero attached hydrogens (tertiary/aromatic N) is 1. The molecule has 1 saturated heterocycles. The van der Waals surface area contributed by atoms with Crippen LogP contribution in [0.15, 0.2) is 24.3 Å². The summed E-state index contributed by atoms with van der Waals surface area (Å²) in [6, 6.07) is 5.28. The van der Waals surface area contributed by atoms with Crippen molar-refractivity contribution in [3.63, 3.8) is 0 Å². The van der Waals surface area contributed by atoms with Crippen molar-refractivity contribution in [2.75, 3.05) is 5.75 Å². The smallest absolute Gasteiger partial charge is 0.327 e. The van der Waals surface area contributed by atoms with E-state index in [-0.39, 0.29) is 23.5 Å². The number of amides is 1. The first-order valence-corrected chi connectivity index (χ1v) is 7.97. The second kappa shape index (κ2) is 6.93. The minimum absolute atomic E-state index is 0.0631. The van der Waals surface area contributed by atoms with Gasteiger partial charge >= 0.3 is 5.97 Å². The monoisotopic (exact) mass is 311 g/mol. The number of halogens is 1. The van der Waals surface area contributed by atoms with Crippen molar-refractivity contribution in [3.8, 4) is 0 Å². The van der Waals surface area contributed by atoms with Gasteiger partial charge in [0.25, 0.3) is 0 Å². The Balaban J connectivity index is 2.00. The topological polar surface area (TPSA) is 57.6 Å². The molecule has 4 nitrogen and oxygen atoms in total. The van der Waals surface area contributed by atoms with Crippen molar-refractivity contribution in [1.29, 1.82) is 0 Å². The molecule has 0 spiro atoms. The van der Waals surface area contributed by atoms with E-state index in [0.717, 1.165) is 12.0 Å². The lowest BCUT2D eigenvalue weighted by atomic mass is 10.1. The molecule has 1 aromatic rings. The van der Waals surface area contributed by atoms with Gasteiger partial charge in [0.2, 0.25) is 5.91 Å². The van der Waals surface area contributed by atoms with E-state index < -0.39 is 12.0 Å². The van der Waals surface area contributed by atoms with Gasteiger partial charge in [-0.1, -0.05) is 19.1 Å². The van der Waals surface area contributed by atoms with E-state index in [4.69, 9.17) is 0 Å². The summed E-state index contributed by atoms with van der Waals surface area (Å²) in [7, 11) is 0. The summed E-state index contributed by atoms with van der Waals surface area (Å²) in [4.78, 5) is 25.1. The van der Waals surface area contributed by atoms with E-state index in [0.29, 0.717) is 12.2 Å². The van der Waals surface area contributed by atoms with Crippen LogP contribution in [-0.2, 0) is 16.0 Å². The first-order valence-electron chi connectivity index (χ1n) is 6.93. The van der Waals surface area contributed by atoms with Crippen molar-refractivity contribution in [2.45, 2.75) is 37.6 Å². The molecule has 1 aromatic carbocycles. The molecule has 0 radical (unpaired) electrons. The van der Waals surface area contributed by atoms with Crippen LogP contribution in [0.3, 0.4) is 0 Å². The molecule has 1 amide bonds. The third-order valence-electron chi connectivity index (χ3n) is 3.56. The number of carboxylic acids is 1. The first kappa shape index (κ1) is 15.8. The fourth-order valence-corrected chi connectivity index (χ4v) is 3.80. The molecule has 2 unspecified atom stereocenters. The molecule has 6 heteroatoms. The Bertz CT molecular complexity index is 520. The van der Waals surface area contributed by atoms with Gasteiger partial charge in [0, 0.05) is 12.2 Å². The van der Waals surface area contributed by atoms with E-state index in [1.165, 1.54) is 28.8 Å². The van der Waals surface area contributed by atoms with Crippen molar-refractivity contribution in [1.82, 2.24) is 4.90 Å². The highest BCUT2D eigenvalue weighted by Gasteiger charge is 2.40. The molecule has 2 atom stereocenters. The van der Waals surface area contributed by atoms with Crippen LogP contribution >= 0.6 is 11.8 Å². The summed E-state index contributed by atoms with van der Waals surface area (Å²) in [6.07, 6.45) is 1.46. The van der Waals surface area contributed by atoms with E-state index >= 15 is 0 Å². The molecule has 1 fully saturated rings. The van der Waals surface area contributed by atoms with E-state index in [1.807, 2.05) is 6.92 Å². The van der Waals surface area contributed by atoms with Crippen LogP contribution < -0.4 is 0 Å². The maximum Gasteiger partial charge on any atom is 0.327 e. The van der Waals surface area contributed by atoms with Gasteiger partial charge in [-0.25, -0.2) is 9.18 Å². The van der Waals surface area contributed by atoms with Crippen molar-refractivity contribution >= 4 is 23.6 Å². The van der Waals surface area contributed by atoms with Crippen molar-refractivity contribution < 1.29 is 19.1 Å². The fraction of sp³-hybridized carbons (Fsp3) is 0.467. The van der Waals surface area contributed by atoms with Crippen molar-refractivity contribution in [3.05, 3.63) is 35.6 Å². The number of rotatable bonds is 5. The number of carbonyl (C=O) groups is 2. The molecule has 21 heavy (non-hydrogen) atoms. The predicted octanol–water partition coefficient (Wildman–Crippen LogP) is 2.52. The number of thioether (sulfide) groups is 1. The minimum atomic E-state index is -0.950. The molecular weight excluding hydrogens is 293 g/mol. The zero-order valence-corrected chi connectivity index (χ0v) is 12.6. The minimum Gasteiger partial charge on any atom is -0.480 e. The average Bonchev–Trinajstić information content (AvgIpc) is 2.90. The molecule has 114 valence electrons. The first-order chi connectivity index (χ1) is 10.0. The number of hydrogen-bond donors (Lipinski definition) is 1. The standard InChI is InChI=1S/C15H18FNO3S/c1-2-14-17(12(9-21-14)15(19)20)13(18)8-5-10-3-6-11(16)7-4-10/h3-4,6-7,12,14H,2,5,8-9H2,1H3,(H,19,20). The Morgan fingerprint density at radius 2 is 2.05 bits per heavy atom. The van der Waals surface area contributed by atoms with E-state index in [2.05, 4.69) is 0 Å². The number of hydrogen-bond acceptors (Lipinski definition) is 3. The fourth-order valence-electron chi connectivity index (χ4n) is 2.43. The highest BCUT2D eigenvalue weighted by Crippen LogP contribution is 2.32. The van der Waals surface area contributed by atoms with Crippen LogP contribution in [-0.4, -0.2) is 39.1 Å². The molecular formula is C15H18FNO3S. The van der Waals surface area contributed by atoms with E-state index in [1.54, 1.807) is 12.1 Å². The van der Waals surface area contributed by atoms with Crippen LogP contribution in [0.2, 0.25) is 0 Å². The van der Waals surface area contributed by atoms with Gasteiger partial charge in [-0.05, 0) is 30.5 Å². The molecule has 2 rings (SSSR count). The number of aryl methyl sites for hydroxylation is 1. The average molecular weight is 311 g/mol. The largest absolute Gasteiger partial charge is 0.480 e. The second-order valence-corrected chi connectivity index (χ2v) is 6.19. The van der Waals surface area contributed by atoms with Crippen LogP contribution in [0, 0.1) is 5.82 Å². The predicted molar refractivity (Wildman–Crippen MR) is 79.5 cm³/mol. The van der Waals surface area contributed by atoms with Gasteiger partial charge in [0.05, 0.1) is 5.37 Å². The van der Waals surface area contributed by atoms with E-state index in [9.17, 15) is 19.1 Å². The Hall–Kier alpha value is -1.56. The van der Waals surface area contributed by atoms with Crippen LogP contribution in [0.5, 0.6) is 0 Å². The number of carbonyl (C=O) groups excluding carboxylic acids is 1. The maximum absolute atomic E-state index is 12.8. The molecule has 1 heterocycles. The Labute approximate surface area is 127 Å². The van der Waals surface area contributed by atoms with Gasteiger partial charge in [-0.3, -0.25) is 4.79 Å². The molecule has 1 aliphatic heterocycles. The maximum atomic E-state index is 12.8. The normalized spacial score (nSPS) is 21.5. The number of benzene rings is 1. The third-order valence-corrected chi connectivity index (χ3v) is 5.01. The van der Waals surface area contributed by atoms with Crippen LogP contribution in [0.1, 0.15) is 25.3 Å². The van der Waals surface area contributed by atoms with Crippen LogP contribution in [0.4, 0.5) is 4.39 Å². The second-order valence-electron chi connectivity index (χ2n) is 4.98. The van der Waals surface area contributed by atoms with Gasteiger partial charge in [0.1, 0.15) is 11.9 Å². The van der Waals surface area contributed by atoms with Gasteiger partial charge in [-0.2, -0.15) is 0 Å². The summed E-state index contributed by atoms with van der Waals surface area (Å²) in [5, 5.41) is 9.15. The summed E-state index contributed by atoms with van der Waals surface area (Å²) >= 11 is 1.51. The Morgan fingerprint density at radius 1 is 1.38 bits per heavy atom. The third kappa shape index (κ3) is 3.75. The van der Waals surface area contributed by atoms with Gasteiger partial charge < -0.3 is 10.0 Å². The lowest BCUT2D eigenvalue weighted by Gasteiger charge is -2.26. The number of carboxylic acid groups (broad SMARTS) is 1. The highest BCUT2D eigenvalue weighted by atomic mass is 32.2. The highest BCUT2D eigenvalue weighted by molar-refractivity contribution is 8.00. The Morgan fingerprint density at radius 3 is 2.62 bits per heavy atom. The SMILES string of the molecule is CCC1SCC(C(=O)O)N1C(=O)CCc1ccc(F)cc1. The molecule has 0 bridgehead atoms. The molecule has 0 aromatic heterocycles. The lowest BCUT2D eigenvalue weighted by molar-refractivity contribution is -0.149.